The van der Waals surface area contributed by atoms with Crippen LogP contribution < -0.4 is 4.72 Å². The molecule has 0 aliphatic carbocycles. The largest absolute Gasteiger partial charge is 0.414 e. The van der Waals surface area contributed by atoms with Crippen molar-refractivity contribution in [1.82, 2.24) is 4.72 Å². The summed E-state index contributed by atoms with van der Waals surface area (Å²) in [6.07, 6.45) is -13.5. The second-order valence-electron chi connectivity index (χ2n) is 6.50. The van der Waals surface area contributed by atoms with Crippen LogP contribution in [0.25, 0.3) is 0 Å². The van der Waals surface area contributed by atoms with Crippen molar-refractivity contribution in [3.63, 3.8) is 0 Å². The molecule has 0 spiro atoms. The average molecular weight is 391 g/mol. The first-order valence-electron chi connectivity index (χ1n) is 7.19. The smallest absolute Gasteiger partial charge is 0.384 e. The molecular formula is C15H19F6NO2S. The first-order chi connectivity index (χ1) is 11.2. The van der Waals surface area contributed by atoms with Crippen LogP contribution >= 0.6 is 0 Å². The van der Waals surface area contributed by atoms with E-state index in [1.165, 1.54) is 26.8 Å². The summed E-state index contributed by atoms with van der Waals surface area (Å²) in [5, 5.41) is 9.32. The van der Waals surface area contributed by atoms with Crippen LogP contribution in [0.3, 0.4) is 0 Å². The van der Waals surface area contributed by atoms with E-state index in [4.69, 9.17) is 0 Å². The third-order valence-electron chi connectivity index (χ3n) is 3.45. The van der Waals surface area contributed by atoms with Crippen LogP contribution in [0.1, 0.15) is 32.8 Å². The van der Waals surface area contributed by atoms with Gasteiger partial charge < -0.3 is 5.11 Å². The number of benzene rings is 1. The highest BCUT2D eigenvalue weighted by Crippen LogP contribution is 2.39. The molecule has 0 fully saturated rings. The van der Waals surface area contributed by atoms with Crippen LogP contribution in [0.2, 0.25) is 0 Å². The fourth-order valence-electron chi connectivity index (χ4n) is 2.02. The van der Waals surface area contributed by atoms with Crippen molar-refractivity contribution in [3.8, 4) is 0 Å². The van der Waals surface area contributed by atoms with Crippen LogP contribution in [0.5, 0.6) is 0 Å². The topological polar surface area (TPSA) is 49.3 Å². The lowest BCUT2D eigenvalue weighted by atomic mass is 9.85. The molecule has 0 saturated heterocycles. The summed E-state index contributed by atoms with van der Waals surface area (Å²) in [5.41, 5.74) is -3.79. The monoisotopic (exact) mass is 391 g/mol. The molecule has 144 valence electrons. The molecule has 1 aromatic carbocycles. The molecule has 10 heteroatoms. The Balaban J connectivity index is 3.51. The molecule has 1 aromatic rings. The summed E-state index contributed by atoms with van der Waals surface area (Å²) in [4.78, 5) is 0. The van der Waals surface area contributed by atoms with Gasteiger partial charge in [-0.1, -0.05) is 18.2 Å². The van der Waals surface area contributed by atoms with Crippen molar-refractivity contribution >= 4 is 11.0 Å². The Hall–Kier alpha value is -1.13. The number of halogens is 6. The second kappa shape index (κ2) is 7.63. The minimum Gasteiger partial charge on any atom is -0.384 e. The first kappa shape index (κ1) is 21.9. The second-order valence-corrected chi connectivity index (χ2v) is 8.46. The molecule has 0 radical (unpaired) electrons. The van der Waals surface area contributed by atoms with Gasteiger partial charge in [-0.2, -0.15) is 13.2 Å². The Labute approximate surface area is 144 Å². The van der Waals surface area contributed by atoms with Crippen molar-refractivity contribution in [1.29, 1.82) is 0 Å². The van der Waals surface area contributed by atoms with Gasteiger partial charge in [-0.15, -0.1) is 0 Å². The summed E-state index contributed by atoms with van der Waals surface area (Å²) >= 11 is 0. The van der Waals surface area contributed by atoms with Gasteiger partial charge in [0.05, 0.1) is 15.7 Å². The molecule has 0 saturated carbocycles. The number of alkyl halides is 5. The Morgan fingerprint density at radius 2 is 1.68 bits per heavy atom. The molecule has 0 heterocycles. The molecule has 3 nitrogen and oxygen atoms in total. The van der Waals surface area contributed by atoms with E-state index >= 15 is 0 Å². The molecule has 1 rings (SSSR count). The number of aliphatic hydroxyl groups excluding tert-OH is 1. The van der Waals surface area contributed by atoms with Crippen molar-refractivity contribution in [2.75, 3.05) is 0 Å². The van der Waals surface area contributed by atoms with E-state index in [-0.39, 0.29) is 0 Å². The number of nitrogens with one attached hydrogen (secondary N) is 1. The minimum atomic E-state index is -5.20. The van der Waals surface area contributed by atoms with E-state index < -0.39 is 57.8 Å². The zero-order chi connectivity index (χ0) is 19.6. The lowest BCUT2D eigenvalue weighted by Crippen LogP contribution is -2.56. The first-order valence-corrected chi connectivity index (χ1v) is 8.34. The molecule has 2 N–H and O–H groups in total. The van der Waals surface area contributed by atoms with Crippen LogP contribution in [0, 0.1) is 5.82 Å². The van der Waals surface area contributed by atoms with Crippen LogP contribution in [0.4, 0.5) is 26.3 Å². The van der Waals surface area contributed by atoms with Crippen LogP contribution in [0.15, 0.2) is 24.3 Å². The van der Waals surface area contributed by atoms with Crippen molar-refractivity contribution in [2.45, 2.75) is 56.2 Å². The van der Waals surface area contributed by atoms with Gasteiger partial charge in [-0.3, -0.25) is 0 Å². The summed E-state index contributed by atoms with van der Waals surface area (Å²) in [7, 11) is -2.25. The van der Waals surface area contributed by atoms with E-state index in [1.807, 2.05) is 4.72 Å². The van der Waals surface area contributed by atoms with Crippen molar-refractivity contribution in [2.24, 2.45) is 0 Å². The zero-order valence-electron chi connectivity index (χ0n) is 13.7. The highest BCUT2D eigenvalue weighted by molar-refractivity contribution is 7.84. The number of rotatable bonds is 6. The molecule has 0 amide bonds. The number of aliphatic hydroxyl groups is 1. The normalized spacial score (nSPS) is 18.0. The predicted molar refractivity (Wildman–Crippen MR) is 81.8 cm³/mol. The highest BCUT2D eigenvalue weighted by atomic mass is 32.2. The standard InChI is InChI=1S/C15H19F6NO2S/c1-13(2,3)25(24)22-14(12(17)18,8-11(23)15(19,20)21)9-6-4-5-7-10(9)16/h4-7,11-12,22-23H,8H2,1-3H3/t11-,14+,25?/m1/s1. The maximum absolute atomic E-state index is 14.1. The van der Waals surface area contributed by atoms with E-state index in [1.54, 1.807) is 0 Å². The molecule has 3 atom stereocenters. The molecular weight excluding hydrogens is 372 g/mol. The fourth-order valence-corrected chi connectivity index (χ4v) is 2.94. The summed E-state index contributed by atoms with van der Waals surface area (Å²) in [5.74, 6) is -1.20. The Kier molecular flexibility index (Phi) is 6.69. The SMILES string of the molecule is CC(C)(C)S(=O)N[C@@](C[C@@H](O)C(F)(F)F)(c1ccccc1F)C(F)F. The van der Waals surface area contributed by atoms with Crippen LogP contribution in [-0.2, 0) is 16.5 Å². The lowest BCUT2D eigenvalue weighted by molar-refractivity contribution is -0.213. The van der Waals surface area contributed by atoms with Gasteiger partial charge in [0, 0.05) is 12.0 Å². The summed E-state index contributed by atoms with van der Waals surface area (Å²) in [6.45, 7) is 4.23. The molecule has 0 aliphatic rings. The average Bonchev–Trinajstić information content (AvgIpc) is 2.44. The van der Waals surface area contributed by atoms with Gasteiger partial charge >= 0.3 is 6.18 Å². The quantitative estimate of drug-likeness (QED) is 0.728. The van der Waals surface area contributed by atoms with Gasteiger partial charge in [-0.25, -0.2) is 22.1 Å². The van der Waals surface area contributed by atoms with Crippen molar-refractivity contribution in [3.05, 3.63) is 35.6 Å². The molecule has 1 unspecified atom stereocenters. The van der Waals surface area contributed by atoms with E-state index in [0.717, 1.165) is 18.2 Å². The minimum absolute atomic E-state index is 0.800. The molecule has 0 bridgehead atoms. The Bertz CT molecular complexity index is 617. The summed E-state index contributed by atoms with van der Waals surface area (Å²) in [6, 6.07) is 4.01. The predicted octanol–water partition coefficient (Wildman–Crippen LogP) is 3.65. The molecule has 0 aromatic heterocycles. The van der Waals surface area contributed by atoms with Gasteiger partial charge in [0.1, 0.15) is 11.4 Å². The Morgan fingerprint density at radius 3 is 2.08 bits per heavy atom. The lowest BCUT2D eigenvalue weighted by Gasteiger charge is -2.38. The van der Waals surface area contributed by atoms with E-state index in [0.29, 0.717) is 0 Å². The van der Waals surface area contributed by atoms with Crippen molar-refractivity contribution < 1.29 is 35.7 Å². The number of hydrogen-bond donors (Lipinski definition) is 2. The molecule has 25 heavy (non-hydrogen) atoms. The highest BCUT2D eigenvalue weighted by Gasteiger charge is 2.52. The fraction of sp³-hybridized carbons (Fsp3) is 0.600. The Morgan fingerprint density at radius 1 is 1.16 bits per heavy atom. The third kappa shape index (κ3) is 5.18. The zero-order valence-corrected chi connectivity index (χ0v) is 14.5. The van der Waals surface area contributed by atoms with Gasteiger partial charge in [0.2, 0.25) is 0 Å². The third-order valence-corrected chi connectivity index (χ3v) is 5.11. The van der Waals surface area contributed by atoms with E-state index in [2.05, 4.69) is 0 Å². The van der Waals surface area contributed by atoms with Gasteiger partial charge in [-0.05, 0) is 26.8 Å². The van der Waals surface area contributed by atoms with Gasteiger partial charge in [0.25, 0.3) is 6.43 Å². The van der Waals surface area contributed by atoms with E-state index in [9.17, 15) is 35.7 Å². The van der Waals surface area contributed by atoms with Crippen LogP contribution in [-0.4, -0.2) is 32.8 Å². The maximum Gasteiger partial charge on any atom is 0.414 e. The summed E-state index contributed by atoms with van der Waals surface area (Å²) < 4.78 is 93.2. The number of hydrogen-bond acceptors (Lipinski definition) is 2. The molecule has 0 aliphatic heterocycles. The van der Waals surface area contributed by atoms with Gasteiger partial charge in [0.15, 0.2) is 6.10 Å². The maximum atomic E-state index is 14.1.